The van der Waals surface area contributed by atoms with Crippen LogP contribution in [0.3, 0.4) is 0 Å². The van der Waals surface area contributed by atoms with Gasteiger partial charge < -0.3 is 20.9 Å². The third-order valence-electron chi connectivity index (χ3n) is 3.17. The molecule has 2 unspecified atom stereocenters. The lowest BCUT2D eigenvalue weighted by atomic mass is 10.2. The number of carbonyl (C=O) groups is 2. The fourth-order valence-electron chi connectivity index (χ4n) is 2.03. The molecule has 1 amide bonds. The van der Waals surface area contributed by atoms with Gasteiger partial charge in [-0.15, -0.1) is 0 Å². The van der Waals surface area contributed by atoms with Crippen LogP contribution in [0.5, 0.6) is 0 Å². The second kappa shape index (κ2) is 6.44. The second-order valence-electron chi connectivity index (χ2n) is 4.63. The Kier molecular flexibility index (Phi) is 4.65. The molecule has 0 saturated carbocycles. The Morgan fingerprint density at radius 1 is 1.45 bits per heavy atom. The zero-order valence-corrected chi connectivity index (χ0v) is 10.9. The van der Waals surface area contributed by atoms with Gasteiger partial charge in [0.15, 0.2) is 0 Å². The molecule has 1 aromatic heterocycles. The summed E-state index contributed by atoms with van der Waals surface area (Å²) in [4.78, 5) is 26.3. The second-order valence-corrected chi connectivity index (χ2v) is 4.63. The number of nitrogens with two attached hydrogens (primary N) is 1. The first kappa shape index (κ1) is 14.4. The quantitative estimate of drug-likeness (QED) is 0.693. The highest BCUT2D eigenvalue weighted by Crippen LogP contribution is 2.18. The number of hydrogen-bond donors (Lipinski definition) is 3. The molecule has 0 aliphatic carbocycles. The first-order chi connectivity index (χ1) is 9.60. The van der Waals surface area contributed by atoms with Crippen LogP contribution in [-0.2, 0) is 16.1 Å². The van der Waals surface area contributed by atoms with Crippen LogP contribution < -0.4 is 11.1 Å². The Morgan fingerprint density at radius 3 is 2.80 bits per heavy atom. The zero-order valence-electron chi connectivity index (χ0n) is 10.9. The topological polar surface area (TPSA) is 115 Å². The minimum atomic E-state index is -1.08. The lowest BCUT2D eigenvalue weighted by Crippen LogP contribution is -2.35. The number of rotatable bonds is 5. The Hall–Kier alpha value is -1.99. The van der Waals surface area contributed by atoms with Crippen molar-refractivity contribution in [1.82, 2.24) is 10.3 Å². The number of carbonyl (C=O) groups excluding carboxylic acids is 1. The van der Waals surface area contributed by atoms with Gasteiger partial charge in [0.25, 0.3) is 0 Å². The van der Waals surface area contributed by atoms with Gasteiger partial charge in [-0.25, -0.2) is 9.78 Å². The number of carboxylic acid groups (broad SMARTS) is 1. The highest BCUT2D eigenvalue weighted by molar-refractivity contribution is 5.85. The summed E-state index contributed by atoms with van der Waals surface area (Å²) in [6.45, 7) is 0.712. The molecule has 108 valence electrons. The molecule has 20 heavy (non-hydrogen) atoms. The molecule has 2 heterocycles. The number of hydrogen-bond acceptors (Lipinski definition) is 5. The lowest BCUT2D eigenvalue weighted by Gasteiger charge is -2.12. The van der Waals surface area contributed by atoms with E-state index in [-0.39, 0.29) is 17.7 Å². The van der Waals surface area contributed by atoms with Crippen LogP contribution in [0.1, 0.15) is 28.9 Å². The van der Waals surface area contributed by atoms with Crippen molar-refractivity contribution in [2.75, 3.05) is 6.54 Å². The molecular weight excluding hydrogens is 262 g/mol. The van der Waals surface area contributed by atoms with Crippen molar-refractivity contribution in [1.29, 1.82) is 0 Å². The number of nitrogens with one attached hydrogen (secondary N) is 1. The molecule has 0 aromatic carbocycles. The van der Waals surface area contributed by atoms with Crippen LogP contribution in [0.4, 0.5) is 0 Å². The molecule has 1 saturated heterocycles. The van der Waals surface area contributed by atoms with Crippen molar-refractivity contribution < 1.29 is 19.4 Å². The maximum absolute atomic E-state index is 11.9. The number of ether oxygens (including phenoxy) is 1. The average Bonchev–Trinajstić information content (AvgIpc) is 2.94. The molecule has 7 heteroatoms. The molecule has 4 N–H and O–H groups in total. The summed E-state index contributed by atoms with van der Waals surface area (Å²) in [7, 11) is 0. The standard InChI is InChI=1S/C13H17N3O4/c14-5-9-2-4-11(20-9)12(17)16-7-8-1-3-10(13(18)19)15-6-8/h1,3,6,9,11H,2,4-5,7,14H2,(H,16,17)(H,18,19). The van der Waals surface area contributed by atoms with Crippen LogP contribution in [0.2, 0.25) is 0 Å². The molecular formula is C13H17N3O4. The number of carboxylic acids is 1. The van der Waals surface area contributed by atoms with Gasteiger partial charge in [-0.05, 0) is 24.5 Å². The molecule has 1 aromatic rings. The number of amides is 1. The predicted octanol–water partition coefficient (Wildman–Crippen LogP) is -0.0977. The van der Waals surface area contributed by atoms with E-state index < -0.39 is 12.1 Å². The molecule has 0 bridgehead atoms. The van der Waals surface area contributed by atoms with E-state index in [1.165, 1.54) is 12.3 Å². The van der Waals surface area contributed by atoms with Crippen molar-refractivity contribution in [2.45, 2.75) is 31.6 Å². The summed E-state index contributed by atoms with van der Waals surface area (Å²) in [5.41, 5.74) is 6.20. The molecule has 2 atom stereocenters. The van der Waals surface area contributed by atoms with Crippen LogP contribution in [0.25, 0.3) is 0 Å². The Morgan fingerprint density at radius 2 is 2.25 bits per heavy atom. The number of pyridine rings is 1. The van der Waals surface area contributed by atoms with Gasteiger partial charge in [-0.2, -0.15) is 0 Å². The highest BCUT2D eigenvalue weighted by atomic mass is 16.5. The van der Waals surface area contributed by atoms with Gasteiger partial charge in [0, 0.05) is 19.3 Å². The molecule has 1 aliphatic rings. The van der Waals surface area contributed by atoms with Crippen LogP contribution in [0, 0.1) is 0 Å². The monoisotopic (exact) mass is 279 g/mol. The van der Waals surface area contributed by atoms with Gasteiger partial charge in [-0.1, -0.05) is 6.07 Å². The summed E-state index contributed by atoms with van der Waals surface area (Å²) in [6, 6.07) is 3.02. The van der Waals surface area contributed by atoms with Crippen molar-refractivity contribution in [3.63, 3.8) is 0 Å². The van der Waals surface area contributed by atoms with Crippen LogP contribution in [-0.4, -0.2) is 40.7 Å². The van der Waals surface area contributed by atoms with Crippen molar-refractivity contribution >= 4 is 11.9 Å². The lowest BCUT2D eigenvalue weighted by molar-refractivity contribution is -0.132. The molecule has 0 radical (unpaired) electrons. The van der Waals surface area contributed by atoms with E-state index >= 15 is 0 Å². The van der Waals surface area contributed by atoms with Gasteiger partial charge in [0.1, 0.15) is 11.8 Å². The molecule has 7 nitrogen and oxygen atoms in total. The minimum Gasteiger partial charge on any atom is -0.477 e. The van der Waals surface area contributed by atoms with Gasteiger partial charge in [-0.3, -0.25) is 4.79 Å². The van der Waals surface area contributed by atoms with E-state index in [9.17, 15) is 9.59 Å². The SMILES string of the molecule is NCC1CCC(C(=O)NCc2ccc(C(=O)O)nc2)O1. The van der Waals surface area contributed by atoms with Crippen LogP contribution in [0.15, 0.2) is 18.3 Å². The largest absolute Gasteiger partial charge is 0.477 e. The Labute approximate surface area is 116 Å². The molecule has 1 aliphatic heterocycles. The van der Waals surface area contributed by atoms with Gasteiger partial charge >= 0.3 is 5.97 Å². The van der Waals surface area contributed by atoms with Crippen molar-refractivity contribution in [2.24, 2.45) is 5.73 Å². The van der Waals surface area contributed by atoms with Gasteiger partial charge in [0.2, 0.25) is 5.91 Å². The minimum absolute atomic E-state index is 0.0232. The third-order valence-corrected chi connectivity index (χ3v) is 3.17. The summed E-state index contributed by atoms with van der Waals surface area (Å²) >= 11 is 0. The Balaban J connectivity index is 1.83. The first-order valence-electron chi connectivity index (χ1n) is 6.41. The molecule has 1 fully saturated rings. The summed E-state index contributed by atoms with van der Waals surface area (Å²) in [5, 5.41) is 11.5. The fraction of sp³-hybridized carbons (Fsp3) is 0.462. The van der Waals surface area contributed by atoms with E-state index in [1.54, 1.807) is 6.07 Å². The fourth-order valence-corrected chi connectivity index (χ4v) is 2.03. The summed E-state index contributed by atoms with van der Waals surface area (Å²) in [5.74, 6) is -1.25. The first-order valence-corrected chi connectivity index (χ1v) is 6.41. The third kappa shape index (κ3) is 3.52. The van der Waals surface area contributed by atoms with E-state index in [0.29, 0.717) is 19.5 Å². The smallest absolute Gasteiger partial charge is 0.354 e. The normalized spacial score (nSPS) is 21.6. The predicted molar refractivity (Wildman–Crippen MR) is 70.0 cm³/mol. The number of nitrogens with zero attached hydrogens (tertiary/aromatic N) is 1. The molecule has 0 spiro atoms. The van der Waals surface area contributed by atoms with E-state index in [4.69, 9.17) is 15.6 Å². The maximum Gasteiger partial charge on any atom is 0.354 e. The summed E-state index contributed by atoms with van der Waals surface area (Å²) in [6.07, 6.45) is 2.41. The van der Waals surface area contributed by atoms with Crippen molar-refractivity contribution in [3.05, 3.63) is 29.6 Å². The van der Waals surface area contributed by atoms with Crippen molar-refractivity contribution in [3.8, 4) is 0 Å². The van der Waals surface area contributed by atoms with E-state index in [0.717, 1.165) is 12.0 Å². The molecule has 2 rings (SSSR count). The Bertz CT molecular complexity index is 489. The zero-order chi connectivity index (χ0) is 14.5. The summed E-state index contributed by atoms with van der Waals surface area (Å²) < 4.78 is 5.48. The van der Waals surface area contributed by atoms with E-state index in [2.05, 4.69) is 10.3 Å². The number of aromatic nitrogens is 1. The number of aromatic carboxylic acids is 1. The average molecular weight is 279 g/mol. The van der Waals surface area contributed by atoms with E-state index in [1.807, 2.05) is 0 Å². The van der Waals surface area contributed by atoms with Crippen LogP contribution >= 0.6 is 0 Å². The van der Waals surface area contributed by atoms with Gasteiger partial charge in [0.05, 0.1) is 6.10 Å². The highest BCUT2D eigenvalue weighted by Gasteiger charge is 2.29. The maximum atomic E-state index is 11.9.